The number of hydrogen-bond acceptors (Lipinski definition) is 4. The van der Waals surface area contributed by atoms with Crippen LogP contribution in [0.1, 0.15) is 5.69 Å². The fourth-order valence-electron chi connectivity index (χ4n) is 1.15. The molecule has 0 unspecified atom stereocenters. The fraction of sp³-hybridized carbons (Fsp3) is 0.250. The van der Waals surface area contributed by atoms with E-state index >= 15 is 0 Å². The van der Waals surface area contributed by atoms with Gasteiger partial charge in [-0.15, -0.1) is 11.3 Å². The van der Waals surface area contributed by atoms with E-state index in [9.17, 15) is 0 Å². The quantitative estimate of drug-likeness (QED) is 0.907. The molecule has 0 spiro atoms. The van der Waals surface area contributed by atoms with Crippen LogP contribution in [0.15, 0.2) is 16.0 Å². The van der Waals surface area contributed by atoms with E-state index in [-0.39, 0.29) is 0 Å². The third-order valence-electron chi connectivity index (χ3n) is 1.83. The molecular formula is C8H9BrN4S. The van der Waals surface area contributed by atoms with Gasteiger partial charge in [-0.1, -0.05) is 0 Å². The first-order chi connectivity index (χ1) is 6.70. The highest BCUT2D eigenvalue weighted by Crippen LogP contribution is 2.25. The molecule has 0 saturated heterocycles. The van der Waals surface area contributed by atoms with E-state index < -0.39 is 0 Å². The summed E-state index contributed by atoms with van der Waals surface area (Å²) in [5.74, 6) is 0. The van der Waals surface area contributed by atoms with Crippen LogP contribution in [0, 0.1) is 0 Å². The Kier molecular flexibility index (Phi) is 2.66. The van der Waals surface area contributed by atoms with E-state index in [1.807, 2.05) is 18.5 Å². The normalized spacial score (nSPS) is 10.8. The molecule has 0 amide bonds. The minimum absolute atomic E-state index is 0.482. The number of nitrogens with zero attached hydrogens (tertiary/aromatic N) is 3. The van der Waals surface area contributed by atoms with Crippen LogP contribution in [0.5, 0.6) is 0 Å². The monoisotopic (exact) mass is 272 g/mol. The van der Waals surface area contributed by atoms with Crippen molar-refractivity contribution in [1.82, 2.24) is 14.8 Å². The van der Waals surface area contributed by atoms with Gasteiger partial charge in [0.15, 0.2) is 0 Å². The molecule has 2 heterocycles. The van der Waals surface area contributed by atoms with Crippen molar-refractivity contribution >= 4 is 27.3 Å². The Balaban J connectivity index is 2.43. The van der Waals surface area contributed by atoms with E-state index in [1.54, 1.807) is 16.0 Å². The average Bonchev–Trinajstić information content (AvgIpc) is 2.71. The summed E-state index contributed by atoms with van der Waals surface area (Å²) in [6.45, 7) is 0.482. The first-order valence-electron chi connectivity index (χ1n) is 4.05. The van der Waals surface area contributed by atoms with Crippen LogP contribution in [0.2, 0.25) is 0 Å². The van der Waals surface area contributed by atoms with Crippen molar-refractivity contribution in [3.8, 4) is 10.7 Å². The van der Waals surface area contributed by atoms with Gasteiger partial charge in [0.25, 0.3) is 0 Å². The predicted octanol–water partition coefficient (Wildman–Crippen LogP) is 1.76. The zero-order valence-corrected chi connectivity index (χ0v) is 9.97. The van der Waals surface area contributed by atoms with Crippen molar-refractivity contribution < 1.29 is 0 Å². The largest absolute Gasteiger partial charge is 0.325 e. The van der Waals surface area contributed by atoms with E-state index in [4.69, 9.17) is 5.73 Å². The summed E-state index contributed by atoms with van der Waals surface area (Å²) in [6.07, 6.45) is 0. The molecule has 2 aromatic rings. The molecule has 0 aliphatic rings. The van der Waals surface area contributed by atoms with Crippen molar-refractivity contribution in [2.75, 3.05) is 0 Å². The zero-order valence-electron chi connectivity index (χ0n) is 7.57. The molecule has 0 aliphatic heterocycles. The molecule has 2 N–H and O–H groups in total. The second-order valence-electron chi connectivity index (χ2n) is 2.82. The molecule has 0 radical (unpaired) electrons. The van der Waals surface area contributed by atoms with Crippen molar-refractivity contribution in [3.05, 3.63) is 21.7 Å². The number of aryl methyl sites for hydroxylation is 1. The van der Waals surface area contributed by atoms with Crippen molar-refractivity contribution in [3.63, 3.8) is 0 Å². The second kappa shape index (κ2) is 3.80. The molecule has 14 heavy (non-hydrogen) atoms. The second-order valence-corrected chi connectivity index (χ2v) is 4.49. The third-order valence-corrected chi connectivity index (χ3v) is 3.13. The lowest BCUT2D eigenvalue weighted by molar-refractivity contribution is 0.767. The van der Waals surface area contributed by atoms with Crippen LogP contribution in [0.4, 0.5) is 0 Å². The lowest BCUT2D eigenvalue weighted by Crippen LogP contribution is -1.97. The van der Waals surface area contributed by atoms with Crippen LogP contribution < -0.4 is 5.73 Å². The van der Waals surface area contributed by atoms with E-state index in [0.29, 0.717) is 6.54 Å². The zero-order chi connectivity index (χ0) is 10.1. The molecule has 6 heteroatoms. The van der Waals surface area contributed by atoms with Crippen LogP contribution >= 0.6 is 27.3 Å². The minimum atomic E-state index is 0.482. The first kappa shape index (κ1) is 9.82. The topological polar surface area (TPSA) is 56.7 Å². The summed E-state index contributed by atoms with van der Waals surface area (Å²) in [5.41, 5.74) is 7.42. The lowest BCUT2D eigenvalue weighted by atomic mass is 10.4. The highest BCUT2D eigenvalue weighted by molar-refractivity contribution is 9.10. The molecule has 0 saturated carbocycles. The van der Waals surface area contributed by atoms with Crippen molar-refractivity contribution in [1.29, 1.82) is 0 Å². The molecule has 0 atom stereocenters. The van der Waals surface area contributed by atoms with Gasteiger partial charge in [-0.25, -0.2) is 4.98 Å². The van der Waals surface area contributed by atoms with Gasteiger partial charge in [-0.2, -0.15) is 5.10 Å². The molecule has 0 fully saturated rings. The van der Waals surface area contributed by atoms with Gasteiger partial charge >= 0.3 is 0 Å². The van der Waals surface area contributed by atoms with Crippen LogP contribution in [0.3, 0.4) is 0 Å². The maximum absolute atomic E-state index is 5.50. The number of hydrogen-bond donors (Lipinski definition) is 1. The molecule has 4 nitrogen and oxygen atoms in total. The van der Waals surface area contributed by atoms with Gasteiger partial charge in [-0.05, 0) is 15.9 Å². The summed E-state index contributed by atoms with van der Waals surface area (Å²) in [5, 5.41) is 7.11. The van der Waals surface area contributed by atoms with Crippen molar-refractivity contribution in [2.24, 2.45) is 12.8 Å². The number of nitrogens with two attached hydrogens (primary N) is 1. The Bertz CT molecular complexity index is 448. The summed E-state index contributed by atoms with van der Waals surface area (Å²) in [4.78, 5) is 4.38. The third kappa shape index (κ3) is 1.73. The molecule has 0 aliphatic carbocycles. The Morgan fingerprint density at radius 3 is 2.93 bits per heavy atom. The fourth-order valence-corrected chi connectivity index (χ4v) is 2.48. The maximum Gasteiger partial charge on any atom is 0.141 e. The minimum Gasteiger partial charge on any atom is -0.325 e. The lowest BCUT2D eigenvalue weighted by Gasteiger charge is -1.94. The SMILES string of the molecule is Cn1nc(Br)cc1-c1nc(CN)cs1. The summed E-state index contributed by atoms with van der Waals surface area (Å²) < 4.78 is 2.61. The number of rotatable bonds is 2. The predicted molar refractivity (Wildman–Crippen MR) is 59.9 cm³/mol. The summed E-state index contributed by atoms with van der Waals surface area (Å²) in [6, 6.07) is 1.94. The maximum atomic E-state index is 5.50. The Morgan fingerprint density at radius 2 is 2.43 bits per heavy atom. The standard InChI is InChI=1S/C8H9BrN4S/c1-13-6(2-7(9)12-13)8-11-5(3-10)4-14-8/h2,4H,3,10H2,1H3. The average molecular weight is 273 g/mol. The molecule has 0 bridgehead atoms. The van der Waals surface area contributed by atoms with Crippen molar-refractivity contribution in [2.45, 2.75) is 6.54 Å². The van der Waals surface area contributed by atoms with Gasteiger partial charge < -0.3 is 5.73 Å². The summed E-state index contributed by atoms with van der Waals surface area (Å²) in [7, 11) is 1.89. The van der Waals surface area contributed by atoms with Gasteiger partial charge in [0.05, 0.1) is 11.4 Å². The van der Waals surface area contributed by atoms with Gasteiger partial charge in [-0.3, -0.25) is 4.68 Å². The van der Waals surface area contributed by atoms with Crippen LogP contribution in [-0.2, 0) is 13.6 Å². The van der Waals surface area contributed by atoms with Gasteiger partial charge in [0.2, 0.25) is 0 Å². The molecule has 2 aromatic heterocycles. The Morgan fingerprint density at radius 1 is 1.64 bits per heavy atom. The highest BCUT2D eigenvalue weighted by atomic mass is 79.9. The number of thiazole rings is 1. The smallest absolute Gasteiger partial charge is 0.141 e. The number of halogens is 1. The van der Waals surface area contributed by atoms with E-state index in [2.05, 4.69) is 26.0 Å². The van der Waals surface area contributed by atoms with Crippen LogP contribution in [0.25, 0.3) is 10.7 Å². The molecular weight excluding hydrogens is 264 g/mol. The summed E-state index contributed by atoms with van der Waals surface area (Å²) >= 11 is 4.91. The number of aromatic nitrogens is 3. The highest BCUT2D eigenvalue weighted by Gasteiger charge is 2.09. The first-order valence-corrected chi connectivity index (χ1v) is 5.72. The van der Waals surface area contributed by atoms with Gasteiger partial charge in [0, 0.05) is 25.0 Å². The Hall–Kier alpha value is -0.720. The van der Waals surface area contributed by atoms with E-state index in [1.165, 1.54) is 0 Å². The van der Waals surface area contributed by atoms with Gasteiger partial charge in [0.1, 0.15) is 9.61 Å². The Labute approximate surface area is 93.9 Å². The van der Waals surface area contributed by atoms with E-state index in [0.717, 1.165) is 21.0 Å². The molecule has 0 aromatic carbocycles. The molecule has 74 valence electrons. The molecule has 2 rings (SSSR count). The van der Waals surface area contributed by atoms with Crippen LogP contribution in [-0.4, -0.2) is 14.8 Å².